The second kappa shape index (κ2) is 4.80. The molecule has 1 amide bonds. The Morgan fingerprint density at radius 2 is 2.25 bits per heavy atom. The molecule has 4 nitrogen and oxygen atoms in total. The fourth-order valence-corrected chi connectivity index (χ4v) is 1.86. The van der Waals surface area contributed by atoms with E-state index in [0.717, 1.165) is 0 Å². The molecule has 1 aromatic carbocycles. The molecule has 1 aliphatic rings. The number of ether oxygens (including phenoxy) is 1. The number of alkyl carbamates (subject to hydrolysis) is 1. The summed E-state index contributed by atoms with van der Waals surface area (Å²) in [6.07, 6.45) is -0.475. The van der Waals surface area contributed by atoms with Crippen LogP contribution in [0.1, 0.15) is 17.2 Å². The average molecular weight is 264 g/mol. The molecule has 1 fully saturated rings. The number of hydrogen-bond acceptors (Lipinski definition) is 3. The van der Waals surface area contributed by atoms with E-state index in [-0.39, 0.29) is 30.8 Å². The highest BCUT2D eigenvalue weighted by atomic mass is 35.5. The number of rotatable bonds is 1. The summed E-state index contributed by atoms with van der Waals surface area (Å²) in [5.74, 6) is 0.148. The van der Waals surface area contributed by atoms with Crippen LogP contribution in [0.2, 0.25) is 5.02 Å². The molecule has 0 aliphatic carbocycles. The normalized spacial score (nSPS) is 18.6. The third-order valence-corrected chi connectivity index (χ3v) is 2.56. The van der Waals surface area contributed by atoms with Crippen molar-refractivity contribution >= 4 is 30.1 Å². The number of aromatic hydroxyl groups is 1. The largest absolute Gasteiger partial charge is 0.507 e. The Morgan fingerprint density at radius 1 is 1.56 bits per heavy atom. The average Bonchev–Trinajstić information content (AvgIpc) is 2.58. The quantitative estimate of drug-likeness (QED) is 0.819. The summed E-state index contributed by atoms with van der Waals surface area (Å²) in [5.41, 5.74) is 1.27. The van der Waals surface area contributed by atoms with Crippen LogP contribution in [-0.2, 0) is 4.74 Å². The van der Waals surface area contributed by atoms with Gasteiger partial charge in [0.15, 0.2) is 0 Å². The Balaban J connectivity index is 0.00000128. The van der Waals surface area contributed by atoms with E-state index in [1.54, 1.807) is 19.1 Å². The van der Waals surface area contributed by atoms with Crippen LogP contribution in [0.4, 0.5) is 4.79 Å². The molecule has 88 valence electrons. The molecule has 0 unspecified atom stereocenters. The minimum atomic E-state index is -0.475. The van der Waals surface area contributed by atoms with Gasteiger partial charge in [0.2, 0.25) is 0 Å². The number of phenols is 1. The summed E-state index contributed by atoms with van der Waals surface area (Å²) in [7, 11) is 0. The third-order valence-electron chi connectivity index (χ3n) is 2.34. The summed E-state index contributed by atoms with van der Waals surface area (Å²) in [6.45, 7) is 1.97. The standard InChI is InChI=1S/C10H10ClNO3.ClH/c1-5-2-6(11)3-7(9(5)13)8-4-15-10(14)12-8;/h2-3,8,13H,4H2,1H3,(H,12,14);1H/t8-;/m0./s1. The van der Waals surface area contributed by atoms with Crippen molar-refractivity contribution in [1.82, 2.24) is 5.32 Å². The van der Waals surface area contributed by atoms with Crippen molar-refractivity contribution in [2.45, 2.75) is 13.0 Å². The van der Waals surface area contributed by atoms with Gasteiger partial charge in [0.05, 0.1) is 6.04 Å². The topological polar surface area (TPSA) is 58.6 Å². The number of benzene rings is 1. The lowest BCUT2D eigenvalue weighted by Crippen LogP contribution is -2.18. The maximum Gasteiger partial charge on any atom is 0.407 e. The first-order valence-corrected chi connectivity index (χ1v) is 4.88. The van der Waals surface area contributed by atoms with Crippen LogP contribution in [-0.4, -0.2) is 17.8 Å². The smallest absolute Gasteiger partial charge is 0.407 e. The van der Waals surface area contributed by atoms with E-state index in [2.05, 4.69) is 5.32 Å². The maximum absolute atomic E-state index is 10.9. The lowest BCUT2D eigenvalue weighted by Gasteiger charge is -2.12. The number of aryl methyl sites for hydroxylation is 1. The second-order valence-corrected chi connectivity index (χ2v) is 3.89. The highest BCUT2D eigenvalue weighted by Crippen LogP contribution is 2.32. The number of amides is 1. The van der Waals surface area contributed by atoms with Gasteiger partial charge in [0.25, 0.3) is 0 Å². The number of carbonyl (C=O) groups excluding carboxylic acids is 1. The van der Waals surface area contributed by atoms with Crippen LogP contribution in [0, 0.1) is 6.92 Å². The van der Waals surface area contributed by atoms with Gasteiger partial charge in [-0.3, -0.25) is 0 Å². The van der Waals surface area contributed by atoms with Gasteiger partial charge in [-0.25, -0.2) is 4.79 Å². The van der Waals surface area contributed by atoms with Gasteiger partial charge in [-0.2, -0.15) is 0 Å². The predicted molar refractivity (Wildman–Crippen MR) is 62.3 cm³/mol. The fraction of sp³-hybridized carbons (Fsp3) is 0.300. The summed E-state index contributed by atoms with van der Waals surface area (Å²) in [4.78, 5) is 10.9. The van der Waals surface area contributed by atoms with Gasteiger partial charge in [-0.15, -0.1) is 12.4 Å². The van der Waals surface area contributed by atoms with E-state index in [0.29, 0.717) is 16.1 Å². The number of carbonyl (C=O) groups is 1. The van der Waals surface area contributed by atoms with Crippen LogP contribution >= 0.6 is 24.0 Å². The molecule has 1 atom stereocenters. The summed E-state index contributed by atoms with van der Waals surface area (Å²) >= 11 is 5.87. The number of cyclic esters (lactones) is 1. The Bertz CT molecular complexity index is 423. The van der Waals surface area contributed by atoms with Crippen molar-refractivity contribution in [3.63, 3.8) is 0 Å². The van der Waals surface area contributed by atoms with Gasteiger partial charge < -0.3 is 15.2 Å². The molecule has 0 spiro atoms. The molecule has 2 N–H and O–H groups in total. The Labute approximate surface area is 104 Å². The highest BCUT2D eigenvalue weighted by molar-refractivity contribution is 6.30. The van der Waals surface area contributed by atoms with Crippen molar-refractivity contribution in [2.24, 2.45) is 0 Å². The van der Waals surface area contributed by atoms with E-state index < -0.39 is 6.09 Å². The minimum absolute atomic E-state index is 0. The van der Waals surface area contributed by atoms with Crippen molar-refractivity contribution in [3.05, 3.63) is 28.3 Å². The Kier molecular flexibility index (Phi) is 3.88. The van der Waals surface area contributed by atoms with E-state index in [1.165, 1.54) is 0 Å². The van der Waals surface area contributed by atoms with E-state index >= 15 is 0 Å². The lowest BCUT2D eigenvalue weighted by molar-refractivity contribution is 0.177. The number of hydrogen-bond donors (Lipinski definition) is 2. The summed E-state index contributed by atoms with van der Waals surface area (Å²) in [5, 5.41) is 12.9. The molecule has 6 heteroatoms. The molecule has 0 bridgehead atoms. The van der Waals surface area contributed by atoms with Crippen molar-refractivity contribution in [1.29, 1.82) is 0 Å². The van der Waals surface area contributed by atoms with E-state index in [1.807, 2.05) is 0 Å². The maximum atomic E-state index is 10.9. The zero-order valence-corrected chi connectivity index (χ0v) is 10.1. The molecule has 1 aromatic rings. The van der Waals surface area contributed by atoms with Crippen molar-refractivity contribution in [3.8, 4) is 5.75 Å². The number of nitrogens with one attached hydrogen (secondary N) is 1. The van der Waals surface area contributed by atoms with Crippen LogP contribution in [0.3, 0.4) is 0 Å². The molecule has 2 rings (SSSR count). The molecular weight excluding hydrogens is 253 g/mol. The zero-order chi connectivity index (χ0) is 11.0. The molecular formula is C10H11Cl2NO3. The monoisotopic (exact) mass is 263 g/mol. The van der Waals surface area contributed by atoms with E-state index in [9.17, 15) is 9.90 Å². The number of halogens is 2. The summed E-state index contributed by atoms with van der Waals surface area (Å²) < 4.78 is 4.75. The Hall–Kier alpha value is -1.13. The Morgan fingerprint density at radius 3 is 2.81 bits per heavy atom. The fourth-order valence-electron chi connectivity index (χ4n) is 1.58. The minimum Gasteiger partial charge on any atom is -0.507 e. The van der Waals surface area contributed by atoms with Gasteiger partial charge in [0, 0.05) is 10.6 Å². The van der Waals surface area contributed by atoms with Crippen LogP contribution in [0.5, 0.6) is 5.75 Å². The zero-order valence-electron chi connectivity index (χ0n) is 8.49. The van der Waals surface area contributed by atoms with Crippen molar-refractivity contribution in [2.75, 3.05) is 6.61 Å². The first-order chi connectivity index (χ1) is 7.08. The molecule has 0 saturated carbocycles. The highest BCUT2D eigenvalue weighted by Gasteiger charge is 2.26. The first-order valence-electron chi connectivity index (χ1n) is 4.50. The summed E-state index contributed by atoms with van der Waals surface area (Å²) in [6, 6.07) is 2.97. The third kappa shape index (κ3) is 2.33. The van der Waals surface area contributed by atoms with Gasteiger partial charge in [-0.1, -0.05) is 11.6 Å². The molecule has 1 saturated heterocycles. The molecule has 0 radical (unpaired) electrons. The lowest BCUT2D eigenvalue weighted by atomic mass is 10.0. The van der Waals surface area contributed by atoms with Crippen LogP contribution < -0.4 is 5.32 Å². The first kappa shape index (κ1) is 12.9. The van der Waals surface area contributed by atoms with Gasteiger partial charge in [-0.05, 0) is 24.6 Å². The van der Waals surface area contributed by atoms with Gasteiger partial charge >= 0.3 is 6.09 Å². The molecule has 0 aromatic heterocycles. The molecule has 1 aliphatic heterocycles. The predicted octanol–water partition coefficient (Wildman–Crippen LogP) is 2.56. The second-order valence-electron chi connectivity index (χ2n) is 3.46. The molecule has 1 heterocycles. The number of phenolic OH excluding ortho intramolecular Hbond substituents is 1. The van der Waals surface area contributed by atoms with Gasteiger partial charge in [0.1, 0.15) is 12.4 Å². The molecule has 16 heavy (non-hydrogen) atoms. The van der Waals surface area contributed by atoms with Crippen molar-refractivity contribution < 1.29 is 14.6 Å². The SMILES string of the molecule is Cc1cc(Cl)cc([C@@H]2COC(=O)N2)c1O.Cl. The van der Waals surface area contributed by atoms with Crippen LogP contribution in [0.15, 0.2) is 12.1 Å². The van der Waals surface area contributed by atoms with E-state index in [4.69, 9.17) is 16.3 Å². The van der Waals surface area contributed by atoms with Crippen LogP contribution in [0.25, 0.3) is 0 Å².